The van der Waals surface area contributed by atoms with Gasteiger partial charge in [0, 0.05) is 24.2 Å². The minimum atomic E-state index is -0.117. The zero-order valence-corrected chi connectivity index (χ0v) is 15.3. The lowest BCUT2D eigenvalue weighted by atomic mass is 9.46. The van der Waals surface area contributed by atoms with Crippen LogP contribution in [0.2, 0.25) is 0 Å². The van der Waals surface area contributed by atoms with Gasteiger partial charge in [0.1, 0.15) is 11.9 Å². The van der Waals surface area contributed by atoms with Crippen molar-refractivity contribution in [1.82, 2.24) is 0 Å². The number of hydrogen-bond donors (Lipinski definition) is 0. The summed E-state index contributed by atoms with van der Waals surface area (Å²) in [6.45, 7) is 6.30. The van der Waals surface area contributed by atoms with E-state index >= 15 is 0 Å². The molecule has 0 heterocycles. The number of esters is 1. The fourth-order valence-corrected chi connectivity index (χ4v) is 8.40. The molecule has 0 aromatic carbocycles. The summed E-state index contributed by atoms with van der Waals surface area (Å²) in [7, 11) is 0. The first-order valence-corrected chi connectivity index (χ1v) is 10.0. The number of carbonyl (C=O) groups is 2. The summed E-state index contributed by atoms with van der Waals surface area (Å²) >= 11 is 0. The topological polar surface area (TPSA) is 43.4 Å². The molecule has 0 radical (unpaired) electrons. The van der Waals surface area contributed by atoms with Gasteiger partial charge in [-0.1, -0.05) is 13.8 Å². The van der Waals surface area contributed by atoms with Crippen LogP contribution in [0.3, 0.4) is 0 Å². The highest BCUT2D eigenvalue weighted by Gasteiger charge is 2.78. The van der Waals surface area contributed by atoms with Crippen molar-refractivity contribution in [3.05, 3.63) is 0 Å². The molecule has 5 rings (SSSR count). The van der Waals surface area contributed by atoms with Crippen LogP contribution < -0.4 is 0 Å². The Balaban J connectivity index is 1.55. The molecule has 5 saturated carbocycles. The highest BCUT2D eigenvalue weighted by atomic mass is 16.5. The van der Waals surface area contributed by atoms with Crippen molar-refractivity contribution in [1.29, 1.82) is 0 Å². The summed E-state index contributed by atoms with van der Waals surface area (Å²) in [6.07, 6.45) is 9.14. The molecule has 1 spiro atoms. The molecule has 0 aromatic rings. The van der Waals surface area contributed by atoms with E-state index in [0.717, 1.165) is 37.5 Å². The Morgan fingerprint density at radius 2 is 1.92 bits per heavy atom. The zero-order valence-electron chi connectivity index (χ0n) is 15.3. The molecular weight excluding hydrogens is 300 g/mol. The maximum Gasteiger partial charge on any atom is 0.302 e. The van der Waals surface area contributed by atoms with E-state index in [9.17, 15) is 9.59 Å². The molecule has 0 amide bonds. The molecule has 3 nitrogen and oxygen atoms in total. The highest BCUT2D eigenvalue weighted by molar-refractivity contribution is 5.87. The largest absolute Gasteiger partial charge is 0.462 e. The van der Waals surface area contributed by atoms with Gasteiger partial charge in [-0.3, -0.25) is 9.59 Å². The van der Waals surface area contributed by atoms with Crippen molar-refractivity contribution in [2.45, 2.75) is 78.2 Å². The van der Waals surface area contributed by atoms with Crippen molar-refractivity contribution >= 4 is 11.8 Å². The number of carbonyl (C=O) groups excluding carboxylic acids is 2. The van der Waals surface area contributed by atoms with Crippen LogP contribution in [-0.4, -0.2) is 17.9 Å². The van der Waals surface area contributed by atoms with Gasteiger partial charge in [0.15, 0.2) is 0 Å². The lowest BCUT2D eigenvalue weighted by molar-refractivity contribution is -0.180. The summed E-state index contributed by atoms with van der Waals surface area (Å²) in [5.41, 5.74) is 0.508. The van der Waals surface area contributed by atoms with E-state index < -0.39 is 0 Å². The second-order valence-electron chi connectivity index (χ2n) is 10.0. The van der Waals surface area contributed by atoms with Crippen LogP contribution in [0.25, 0.3) is 0 Å². The average Bonchev–Trinajstić information content (AvgIpc) is 3.08. The van der Waals surface area contributed by atoms with Crippen LogP contribution in [0.5, 0.6) is 0 Å². The van der Waals surface area contributed by atoms with Crippen LogP contribution >= 0.6 is 0 Å². The number of fused-ring (bicyclic) bond motifs is 4. The summed E-state index contributed by atoms with van der Waals surface area (Å²) in [5.74, 6) is 3.00. The van der Waals surface area contributed by atoms with Crippen molar-refractivity contribution in [3.8, 4) is 0 Å². The molecule has 3 heteroatoms. The Morgan fingerprint density at radius 1 is 1.12 bits per heavy atom. The molecular formula is C21H30O3. The highest BCUT2D eigenvalue weighted by Crippen LogP contribution is 2.81. The van der Waals surface area contributed by atoms with Gasteiger partial charge in [-0.15, -0.1) is 0 Å². The Labute approximate surface area is 144 Å². The normalized spacial score (nSPS) is 57.6. The molecule has 24 heavy (non-hydrogen) atoms. The molecule has 0 saturated heterocycles. The van der Waals surface area contributed by atoms with E-state index in [1.54, 1.807) is 6.92 Å². The summed E-state index contributed by atoms with van der Waals surface area (Å²) in [6, 6.07) is 0. The van der Waals surface area contributed by atoms with E-state index in [2.05, 4.69) is 13.8 Å². The lowest BCUT2D eigenvalue weighted by Gasteiger charge is -2.59. The zero-order chi connectivity index (χ0) is 16.9. The Hall–Kier alpha value is -0.860. The third-order valence-electron chi connectivity index (χ3n) is 9.56. The third-order valence-corrected chi connectivity index (χ3v) is 9.56. The lowest BCUT2D eigenvalue weighted by Crippen LogP contribution is -2.57. The van der Waals surface area contributed by atoms with Crippen LogP contribution in [0.15, 0.2) is 0 Å². The molecule has 132 valence electrons. The minimum absolute atomic E-state index is 0.0929. The van der Waals surface area contributed by atoms with Gasteiger partial charge < -0.3 is 4.74 Å². The van der Waals surface area contributed by atoms with E-state index in [4.69, 9.17) is 4.74 Å². The predicted molar refractivity (Wildman–Crippen MR) is 90.1 cm³/mol. The standard InChI is InChI=1S/C21H30O3/c1-12(22)24-18-10-14-15-4-5-17(23)19(15,2)8-7-16(14)20(3)9-6-13-11-21(13,18)20/h13-16,18H,4-11H2,1-3H3/t13-,14+,15+,16+,18-,19+,20-,21-/m1/s1. The monoisotopic (exact) mass is 330 g/mol. The number of Topliss-reactive ketones (excluding diaryl/α,β-unsaturated/α-hetero) is 1. The number of ether oxygens (including phenoxy) is 1. The number of rotatable bonds is 1. The van der Waals surface area contributed by atoms with Crippen LogP contribution in [0.1, 0.15) is 72.1 Å². The van der Waals surface area contributed by atoms with E-state index in [0.29, 0.717) is 23.0 Å². The van der Waals surface area contributed by atoms with E-state index in [-0.39, 0.29) is 22.9 Å². The average molecular weight is 330 g/mol. The molecule has 8 atom stereocenters. The molecule has 0 aromatic heterocycles. The number of ketones is 1. The van der Waals surface area contributed by atoms with Crippen molar-refractivity contribution in [2.24, 2.45) is 39.9 Å². The van der Waals surface area contributed by atoms with Gasteiger partial charge in [-0.25, -0.2) is 0 Å². The van der Waals surface area contributed by atoms with Crippen molar-refractivity contribution in [3.63, 3.8) is 0 Å². The molecule has 5 fully saturated rings. The molecule has 0 unspecified atom stereocenters. The minimum Gasteiger partial charge on any atom is -0.462 e. The fourth-order valence-electron chi connectivity index (χ4n) is 8.40. The van der Waals surface area contributed by atoms with Gasteiger partial charge in [0.2, 0.25) is 0 Å². The molecule has 5 aliphatic rings. The van der Waals surface area contributed by atoms with Gasteiger partial charge >= 0.3 is 5.97 Å². The van der Waals surface area contributed by atoms with Gasteiger partial charge in [-0.2, -0.15) is 0 Å². The molecule has 0 aliphatic heterocycles. The quantitative estimate of drug-likeness (QED) is 0.679. The smallest absolute Gasteiger partial charge is 0.302 e. The van der Waals surface area contributed by atoms with Crippen LogP contribution in [0, 0.1) is 39.9 Å². The first-order chi connectivity index (χ1) is 11.3. The summed E-state index contributed by atoms with van der Waals surface area (Å²) in [4.78, 5) is 24.3. The Kier molecular flexibility index (Phi) is 2.86. The molecule has 0 N–H and O–H groups in total. The van der Waals surface area contributed by atoms with Crippen LogP contribution in [0.4, 0.5) is 0 Å². The van der Waals surface area contributed by atoms with Gasteiger partial charge in [-0.05, 0) is 74.0 Å². The first kappa shape index (κ1) is 15.4. The molecule has 5 aliphatic carbocycles. The summed E-state index contributed by atoms with van der Waals surface area (Å²) < 4.78 is 5.95. The molecule has 0 bridgehead atoms. The third kappa shape index (κ3) is 1.56. The van der Waals surface area contributed by atoms with E-state index in [1.807, 2.05) is 0 Å². The maximum absolute atomic E-state index is 12.6. The van der Waals surface area contributed by atoms with Crippen LogP contribution in [-0.2, 0) is 14.3 Å². The Bertz CT molecular complexity index is 627. The maximum atomic E-state index is 12.6. The van der Waals surface area contributed by atoms with Gasteiger partial charge in [0.05, 0.1) is 0 Å². The fraction of sp³-hybridized carbons (Fsp3) is 0.905. The van der Waals surface area contributed by atoms with E-state index in [1.165, 1.54) is 25.7 Å². The predicted octanol–water partition coefficient (Wildman–Crippen LogP) is 4.14. The van der Waals surface area contributed by atoms with Crippen molar-refractivity contribution < 1.29 is 14.3 Å². The first-order valence-electron chi connectivity index (χ1n) is 10.0. The second kappa shape index (κ2) is 4.45. The summed E-state index contributed by atoms with van der Waals surface area (Å²) in [5, 5.41) is 0. The second-order valence-corrected chi connectivity index (χ2v) is 10.0. The SMILES string of the molecule is CC(=O)O[C@@H]1C[C@H]2[C@@H]3CCC(=O)[C@@]3(C)CC[C@@H]2[C@@]2(C)CC[C@@H]3C[C@@]312. The Morgan fingerprint density at radius 3 is 2.62 bits per heavy atom. The van der Waals surface area contributed by atoms with Crippen molar-refractivity contribution in [2.75, 3.05) is 0 Å². The van der Waals surface area contributed by atoms with Gasteiger partial charge in [0.25, 0.3) is 0 Å². The number of hydrogen-bond acceptors (Lipinski definition) is 3.